The second-order valence-corrected chi connectivity index (χ2v) is 5.55. The van der Waals surface area contributed by atoms with Gasteiger partial charge in [0.2, 0.25) is 11.8 Å². The Labute approximate surface area is 96.8 Å². The van der Waals surface area contributed by atoms with Crippen LogP contribution in [0.2, 0.25) is 0 Å². The maximum atomic E-state index is 5.34. The minimum Gasteiger partial charge on any atom is -0.424 e. The third kappa shape index (κ3) is 3.04. The molecule has 1 fully saturated rings. The van der Waals surface area contributed by atoms with Crippen LogP contribution in [0.3, 0.4) is 0 Å². The van der Waals surface area contributed by atoms with Gasteiger partial charge in [-0.3, -0.25) is 0 Å². The highest BCUT2D eigenvalue weighted by atomic mass is 16.4. The molecule has 2 rings (SSSR count). The fourth-order valence-corrected chi connectivity index (χ4v) is 2.51. The quantitative estimate of drug-likeness (QED) is 0.855. The normalized spacial score (nSPS) is 24.6. The molecule has 1 aliphatic rings. The number of hydrogen-bond donors (Lipinski definition) is 1. The fraction of sp³-hybridized carbons (Fsp3) is 0.833. The summed E-state index contributed by atoms with van der Waals surface area (Å²) < 4.78 is 5.34. The Bertz CT molecular complexity index is 346. The Hall–Kier alpha value is -0.900. The lowest BCUT2D eigenvalue weighted by Crippen LogP contribution is -2.36. The molecule has 0 saturated heterocycles. The van der Waals surface area contributed by atoms with Gasteiger partial charge in [0.1, 0.15) is 0 Å². The van der Waals surface area contributed by atoms with Gasteiger partial charge in [-0.25, -0.2) is 0 Å². The first-order chi connectivity index (χ1) is 7.55. The van der Waals surface area contributed by atoms with Gasteiger partial charge in [-0.15, -0.1) is 10.2 Å². The van der Waals surface area contributed by atoms with E-state index in [1.54, 1.807) is 0 Å². The molecule has 1 atom stereocenters. The molecule has 1 heterocycles. The van der Waals surface area contributed by atoms with E-state index in [9.17, 15) is 0 Å². The summed E-state index contributed by atoms with van der Waals surface area (Å²) >= 11 is 0. The van der Waals surface area contributed by atoms with Crippen LogP contribution < -0.4 is 5.32 Å². The van der Waals surface area contributed by atoms with Crippen molar-refractivity contribution in [3.05, 3.63) is 11.8 Å². The monoisotopic (exact) mass is 223 g/mol. The largest absolute Gasteiger partial charge is 0.424 e. The van der Waals surface area contributed by atoms with Crippen LogP contribution in [0, 0.1) is 12.3 Å². The minimum atomic E-state index is 0.473. The summed E-state index contributed by atoms with van der Waals surface area (Å²) in [5.41, 5.74) is 0.473. The highest BCUT2D eigenvalue weighted by Gasteiger charge is 2.27. The zero-order valence-corrected chi connectivity index (χ0v) is 10.4. The Balaban J connectivity index is 1.82. The summed E-state index contributed by atoms with van der Waals surface area (Å²) in [4.78, 5) is 0. The zero-order chi connectivity index (χ0) is 11.6. The number of nitrogens with zero attached hydrogens (tertiary/aromatic N) is 2. The molecule has 1 unspecified atom stereocenters. The second kappa shape index (κ2) is 4.53. The van der Waals surface area contributed by atoms with E-state index in [1.807, 2.05) is 6.92 Å². The van der Waals surface area contributed by atoms with Crippen molar-refractivity contribution in [2.24, 2.45) is 5.41 Å². The van der Waals surface area contributed by atoms with Crippen LogP contribution in [0.25, 0.3) is 0 Å². The van der Waals surface area contributed by atoms with Gasteiger partial charge in [0, 0.05) is 13.0 Å². The Morgan fingerprint density at radius 2 is 2.25 bits per heavy atom. The van der Waals surface area contributed by atoms with Gasteiger partial charge < -0.3 is 9.73 Å². The van der Waals surface area contributed by atoms with Gasteiger partial charge in [0.15, 0.2) is 0 Å². The van der Waals surface area contributed by atoms with Crippen molar-refractivity contribution >= 4 is 0 Å². The van der Waals surface area contributed by atoms with E-state index in [1.165, 1.54) is 25.7 Å². The Morgan fingerprint density at radius 3 is 2.88 bits per heavy atom. The Morgan fingerprint density at radius 1 is 1.44 bits per heavy atom. The van der Waals surface area contributed by atoms with Crippen LogP contribution in [0.15, 0.2) is 4.42 Å². The number of aryl methyl sites for hydroxylation is 1. The van der Waals surface area contributed by atoms with E-state index in [4.69, 9.17) is 4.42 Å². The molecule has 0 amide bonds. The van der Waals surface area contributed by atoms with E-state index in [0.29, 0.717) is 29.8 Å². The topological polar surface area (TPSA) is 51.0 Å². The van der Waals surface area contributed by atoms with Crippen LogP contribution in [-0.2, 0) is 6.54 Å². The first-order valence-electron chi connectivity index (χ1n) is 6.07. The predicted molar refractivity (Wildman–Crippen MR) is 61.9 cm³/mol. The molecular formula is C12H21N3O. The Kier molecular flexibility index (Phi) is 3.28. The summed E-state index contributed by atoms with van der Waals surface area (Å²) in [6.45, 7) is 7.21. The standard InChI is InChI=1S/C12H21N3O/c1-9-14-15-11(16-9)8-13-10-5-4-6-12(2,3)7-10/h10,13H,4-8H2,1-3H3. The molecule has 0 aromatic carbocycles. The number of aromatic nitrogens is 2. The lowest BCUT2D eigenvalue weighted by atomic mass is 9.75. The first kappa shape index (κ1) is 11.6. The van der Waals surface area contributed by atoms with Crippen LogP contribution in [0.5, 0.6) is 0 Å². The van der Waals surface area contributed by atoms with Gasteiger partial charge >= 0.3 is 0 Å². The van der Waals surface area contributed by atoms with E-state index in [2.05, 4.69) is 29.4 Å². The predicted octanol–water partition coefficient (Wildman–Crippen LogP) is 2.44. The molecule has 4 nitrogen and oxygen atoms in total. The molecule has 90 valence electrons. The second-order valence-electron chi connectivity index (χ2n) is 5.55. The van der Waals surface area contributed by atoms with E-state index >= 15 is 0 Å². The molecule has 1 aromatic rings. The van der Waals surface area contributed by atoms with Crippen LogP contribution in [-0.4, -0.2) is 16.2 Å². The first-order valence-corrected chi connectivity index (χ1v) is 6.07. The molecule has 0 bridgehead atoms. The van der Waals surface area contributed by atoms with Gasteiger partial charge in [-0.2, -0.15) is 0 Å². The highest BCUT2D eigenvalue weighted by Crippen LogP contribution is 2.35. The molecule has 1 aliphatic carbocycles. The van der Waals surface area contributed by atoms with Crippen LogP contribution in [0.1, 0.15) is 51.3 Å². The third-order valence-electron chi connectivity index (χ3n) is 3.31. The van der Waals surface area contributed by atoms with E-state index in [-0.39, 0.29) is 0 Å². The van der Waals surface area contributed by atoms with Gasteiger partial charge in [-0.1, -0.05) is 20.3 Å². The fourth-order valence-electron chi connectivity index (χ4n) is 2.51. The maximum Gasteiger partial charge on any atom is 0.230 e. The number of hydrogen-bond acceptors (Lipinski definition) is 4. The van der Waals surface area contributed by atoms with E-state index in [0.717, 1.165) is 0 Å². The molecule has 1 N–H and O–H groups in total. The van der Waals surface area contributed by atoms with E-state index < -0.39 is 0 Å². The zero-order valence-electron chi connectivity index (χ0n) is 10.4. The molecule has 16 heavy (non-hydrogen) atoms. The van der Waals surface area contributed by atoms with Crippen molar-refractivity contribution in [2.45, 2.75) is 59.0 Å². The average molecular weight is 223 g/mol. The third-order valence-corrected chi connectivity index (χ3v) is 3.31. The lowest BCUT2D eigenvalue weighted by Gasteiger charge is -2.35. The molecular weight excluding hydrogens is 202 g/mol. The smallest absolute Gasteiger partial charge is 0.230 e. The SMILES string of the molecule is Cc1nnc(CNC2CCCC(C)(C)C2)o1. The van der Waals surface area contributed by atoms with Crippen molar-refractivity contribution in [1.29, 1.82) is 0 Å². The highest BCUT2D eigenvalue weighted by molar-refractivity contribution is 4.85. The van der Waals surface area contributed by atoms with Gasteiger partial charge in [0.25, 0.3) is 0 Å². The van der Waals surface area contributed by atoms with Gasteiger partial charge in [0.05, 0.1) is 6.54 Å². The van der Waals surface area contributed by atoms with Crippen molar-refractivity contribution in [3.63, 3.8) is 0 Å². The molecule has 4 heteroatoms. The number of rotatable bonds is 3. The molecule has 0 spiro atoms. The van der Waals surface area contributed by atoms with Crippen molar-refractivity contribution in [2.75, 3.05) is 0 Å². The summed E-state index contributed by atoms with van der Waals surface area (Å²) in [7, 11) is 0. The van der Waals surface area contributed by atoms with Crippen LogP contribution >= 0.6 is 0 Å². The summed E-state index contributed by atoms with van der Waals surface area (Å²) in [6, 6.07) is 0.593. The summed E-state index contributed by atoms with van der Waals surface area (Å²) in [5, 5.41) is 11.3. The summed E-state index contributed by atoms with van der Waals surface area (Å²) in [6.07, 6.45) is 5.15. The average Bonchev–Trinajstić information content (AvgIpc) is 2.60. The summed E-state index contributed by atoms with van der Waals surface area (Å²) in [5.74, 6) is 1.33. The molecule has 0 radical (unpaired) electrons. The minimum absolute atomic E-state index is 0.473. The maximum absolute atomic E-state index is 5.34. The van der Waals surface area contributed by atoms with Crippen molar-refractivity contribution in [3.8, 4) is 0 Å². The van der Waals surface area contributed by atoms with Crippen molar-refractivity contribution in [1.82, 2.24) is 15.5 Å². The molecule has 0 aliphatic heterocycles. The van der Waals surface area contributed by atoms with Gasteiger partial charge in [-0.05, 0) is 24.7 Å². The number of nitrogens with one attached hydrogen (secondary N) is 1. The van der Waals surface area contributed by atoms with Crippen molar-refractivity contribution < 1.29 is 4.42 Å². The lowest BCUT2D eigenvalue weighted by molar-refractivity contribution is 0.195. The molecule has 1 aromatic heterocycles. The molecule has 1 saturated carbocycles. The van der Waals surface area contributed by atoms with Crippen LogP contribution in [0.4, 0.5) is 0 Å².